The minimum Gasteiger partial charge on any atom is -0.445 e. The van der Waals surface area contributed by atoms with Gasteiger partial charge in [-0.3, -0.25) is 0 Å². The summed E-state index contributed by atoms with van der Waals surface area (Å²) < 4.78 is 5.05. The van der Waals surface area contributed by atoms with Crippen LogP contribution in [0.2, 0.25) is 0 Å². The number of aryl methyl sites for hydroxylation is 2. The van der Waals surface area contributed by atoms with Gasteiger partial charge in [0.25, 0.3) is 0 Å². The molecule has 2 atom stereocenters. The summed E-state index contributed by atoms with van der Waals surface area (Å²) in [6.45, 7) is 3.92. The molecule has 2 unspecified atom stereocenters. The Balaban J connectivity index is 1.78. The van der Waals surface area contributed by atoms with Crippen molar-refractivity contribution in [3.8, 4) is 0 Å². The zero-order chi connectivity index (χ0) is 16.8. The Morgan fingerprint density at radius 3 is 2.57 bits per heavy atom. The van der Waals surface area contributed by atoms with Gasteiger partial charge in [-0.05, 0) is 31.0 Å². The van der Waals surface area contributed by atoms with Crippen LogP contribution in [0.1, 0.15) is 27.0 Å². The Morgan fingerprint density at radius 2 is 1.96 bits per heavy atom. The second-order valence-corrected chi connectivity index (χ2v) is 6.78. The lowest BCUT2D eigenvalue weighted by Gasteiger charge is -2.18. The topological polar surface area (TPSA) is 78.8 Å². The smallest absolute Gasteiger partial charge is 0.407 e. The van der Waals surface area contributed by atoms with Gasteiger partial charge in [-0.15, -0.1) is 11.3 Å². The summed E-state index contributed by atoms with van der Waals surface area (Å²) in [5.41, 5.74) is 1.58. The molecule has 2 aromatic rings. The molecule has 0 spiro atoms. The van der Waals surface area contributed by atoms with Crippen molar-refractivity contribution in [1.29, 1.82) is 0 Å². The van der Waals surface area contributed by atoms with Crippen LogP contribution in [0.25, 0.3) is 0 Å². The number of benzene rings is 1. The maximum atomic E-state index is 11.6. The van der Waals surface area contributed by atoms with Gasteiger partial charge < -0.3 is 20.3 Å². The van der Waals surface area contributed by atoms with Crippen LogP contribution in [0.4, 0.5) is 4.79 Å². The van der Waals surface area contributed by atoms with E-state index in [0.717, 1.165) is 15.3 Å². The molecular formula is C17H21NO4S. The van der Waals surface area contributed by atoms with Crippen LogP contribution in [0.15, 0.2) is 36.4 Å². The van der Waals surface area contributed by atoms with E-state index in [4.69, 9.17) is 4.74 Å². The van der Waals surface area contributed by atoms with E-state index in [9.17, 15) is 15.0 Å². The number of aliphatic hydroxyl groups excluding tert-OH is 2. The fourth-order valence-corrected chi connectivity index (χ4v) is 3.19. The normalized spacial score (nSPS) is 13.4. The van der Waals surface area contributed by atoms with Crippen molar-refractivity contribution in [3.05, 3.63) is 57.3 Å². The molecule has 1 aromatic carbocycles. The number of ether oxygens (including phenoxy) is 1. The maximum Gasteiger partial charge on any atom is 0.407 e. The van der Waals surface area contributed by atoms with Crippen LogP contribution in [0.5, 0.6) is 0 Å². The van der Waals surface area contributed by atoms with Crippen LogP contribution in [0, 0.1) is 13.8 Å². The fraction of sp³-hybridized carbons (Fsp3) is 0.353. The highest BCUT2D eigenvalue weighted by molar-refractivity contribution is 7.12. The summed E-state index contributed by atoms with van der Waals surface area (Å²) in [4.78, 5) is 13.7. The van der Waals surface area contributed by atoms with E-state index in [1.807, 2.05) is 50.2 Å². The van der Waals surface area contributed by atoms with Crippen LogP contribution in [0.3, 0.4) is 0 Å². The highest BCUT2D eigenvalue weighted by Gasteiger charge is 2.22. The fourth-order valence-electron chi connectivity index (χ4n) is 2.23. The Hall–Kier alpha value is -1.89. The molecule has 0 bridgehead atoms. The number of carbonyl (C=O) groups excluding carboxylic acids is 1. The van der Waals surface area contributed by atoms with E-state index < -0.39 is 18.3 Å². The zero-order valence-corrected chi connectivity index (χ0v) is 14.0. The first-order valence-electron chi connectivity index (χ1n) is 7.35. The highest BCUT2D eigenvalue weighted by atomic mass is 32.1. The summed E-state index contributed by atoms with van der Waals surface area (Å²) in [7, 11) is 0. The molecular weight excluding hydrogens is 314 g/mol. The number of hydrogen-bond donors (Lipinski definition) is 3. The number of alkyl carbamates (subject to hydrolysis) is 1. The van der Waals surface area contributed by atoms with Gasteiger partial charge in [0.2, 0.25) is 0 Å². The molecule has 3 N–H and O–H groups in total. The van der Waals surface area contributed by atoms with Gasteiger partial charge in [-0.2, -0.15) is 0 Å². The number of hydrogen-bond acceptors (Lipinski definition) is 5. The van der Waals surface area contributed by atoms with Crippen LogP contribution in [-0.4, -0.2) is 29.0 Å². The largest absolute Gasteiger partial charge is 0.445 e. The summed E-state index contributed by atoms with van der Waals surface area (Å²) in [6.07, 6.45) is -2.75. The molecule has 0 aliphatic heterocycles. The Morgan fingerprint density at radius 1 is 1.26 bits per heavy atom. The summed E-state index contributed by atoms with van der Waals surface area (Å²) >= 11 is 1.56. The summed E-state index contributed by atoms with van der Waals surface area (Å²) in [6, 6.07) is 11.2. The molecule has 0 aliphatic carbocycles. The Bertz CT molecular complexity index is 641. The summed E-state index contributed by atoms with van der Waals surface area (Å²) in [5.74, 6) is 0. The second-order valence-electron chi connectivity index (χ2n) is 5.32. The third kappa shape index (κ3) is 5.06. The van der Waals surface area contributed by atoms with Crippen molar-refractivity contribution in [2.45, 2.75) is 32.7 Å². The van der Waals surface area contributed by atoms with E-state index >= 15 is 0 Å². The van der Waals surface area contributed by atoms with Gasteiger partial charge in [0.1, 0.15) is 18.8 Å². The first kappa shape index (κ1) is 17.5. The Kier molecular flexibility index (Phi) is 6.15. The predicted molar refractivity (Wildman–Crippen MR) is 89.4 cm³/mol. The quantitative estimate of drug-likeness (QED) is 0.758. The van der Waals surface area contributed by atoms with Gasteiger partial charge in [0, 0.05) is 16.3 Å². The number of carbonyl (C=O) groups is 1. The van der Waals surface area contributed by atoms with Crippen LogP contribution in [-0.2, 0) is 11.3 Å². The first-order chi connectivity index (χ1) is 11.0. The van der Waals surface area contributed by atoms with E-state index in [-0.39, 0.29) is 13.2 Å². The number of thiophene rings is 1. The first-order valence-corrected chi connectivity index (χ1v) is 8.16. The molecule has 6 heteroatoms. The van der Waals surface area contributed by atoms with Gasteiger partial charge in [0.15, 0.2) is 0 Å². The van der Waals surface area contributed by atoms with Crippen molar-refractivity contribution in [2.75, 3.05) is 6.54 Å². The lowest BCUT2D eigenvalue weighted by Crippen LogP contribution is -2.35. The zero-order valence-electron chi connectivity index (χ0n) is 13.2. The van der Waals surface area contributed by atoms with Gasteiger partial charge >= 0.3 is 6.09 Å². The van der Waals surface area contributed by atoms with Crippen LogP contribution >= 0.6 is 11.3 Å². The molecule has 0 saturated heterocycles. The molecule has 0 saturated carbocycles. The molecule has 0 radical (unpaired) electrons. The van der Waals surface area contributed by atoms with E-state index in [1.54, 1.807) is 11.3 Å². The van der Waals surface area contributed by atoms with Crippen molar-refractivity contribution in [3.63, 3.8) is 0 Å². The van der Waals surface area contributed by atoms with Gasteiger partial charge in [-0.25, -0.2) is 4.79 Å². The maximum absolute atomic E-state index is 11.6. The van der Waals surface area contributed by atoms with Crippen molar-refractivity contribution >= 4 is 17.4 Å². The molecule has 1 amide bonds. The molecule has 1 heterocycles. The van der Waals surface area contributed by atoms with Crippen molar-refractivity contribution < 1.29 is 19.7 Å². The van der Waals surface area contributed by atoms with E-state index in [2.05, 4.69) is 5.32 Å². The summed E-state index contributed by atoms with van der Waals surface area (Å²) in [5, 5.41) is 22.7. The van der Waals surface area contributed by atoms with Crippen molar-refractivity contribution in [1.82, 2.24) is 5.32 Å². The third-order valence-electron chi connectivity index (χ3n) is 3.43. The monoisotopic (exact) mass is 335 g/mol. The molecule has 0 aliphatic rings. The van der Waals surface area contributed by atoms with Crippen molar-refractivity contribution in [2.24, 2.45) is 0 Å². The molecule has 0 fully saturated rings. The number of aliphatic hydroxyl groups is 2. The minimum absolute atomic E-state index is 0.0802. The van der Waals surface area contributed by atoms with E-state index in [0.29, 0.717) is 5.56 Å². The molecule has 5 nitrogen and oxygen atoms in total. The van der Waals surface area contributed by atoms with Crippen LogP contribution < -0.4 is 5.32 Å². The van der Waals surface area contributed by atoms with E-state index in [1.165, 1.54) is 0 Å². The van der Waals surface area contributed by atoms with Gasteiger partial charge in [0.05, 0.1) is 0 Å². The predicted octanol–water partition coefficient (Wildman–Crippen LogP) is 2.69. The molecule has 23 heavy (non-hydrogen) atoms. The number of rotatable bonds is 6. The lowest BCUT2D eigenvalue weighted by molar-refractivity contribution is 0.0183. The lowest BCUT2D eigenvalue weighted by atomic mass is 10.1. The molecule has 1 aromatic heterocycles. The average molecular weight is 335 g/mol. The number of amides is 1. The Labute approximate surface area is 139 Å². The minimum atomic E-state index is -1.09. The SMILES string of the molecule is Cc1cc(C(O)C(O)CNC(=O)OCc2ccccc2)c(C)s1. The molecule has 124 valence electrons. The number of nitrogens with one attached hydrogen (secondary N) is 1. The van der Waals surface area contributed by atoms with Gasteiger partial charge in [-0.1, -0.05) is 30.3 Å². The molecule has 2 rings (SSSR count). The third-order valence-corrected chi connectivity index (χ3v) is 4.41. The second kappa shape index (κ2) is 8.10. The average Bonchev–Trinajstić information content (AvgIpc) is 2.89. The standard InChI is InChI=1S/C17H21NO4S/c1-11-8-14(12(2)23-11)16(20)15(19)9-18-17(21)22-10-13-6-4-3-5-7-13/h3-8,15-16,19-20H,9-10H2,1-2H3,(H,18,21). The highest BCUT2D eigenvalue weighted by Crippen LogP contribution is 2.28.